The average Bonchev–Trinajstić information content (AvgIpc) is 2.63. The molecule has 0 aliphatic heterocycles. The molecule has 0 nitrogen and oxygen atoms in total. The van der Waals surface area contributed by atoms with Crippen molar-refractivity contribution in [2.24, 2.45) is 0 Å². The van der Waals surface area contributed by atoms with E-state index < -0.39 is 0 Å². The van der Waals surface area contributed by atoms with Gasteiger partial charge in [-0.3, -0.25) is 0 Å². The van der Waals surface area contributed by atoms with E-state index in [1.807, 2.05) is 0 Å². The maximum Gasteiger partial charge on any atom is -0.00196 e. The van der Waals surface area contributed by atoms with Gasteiger partial charge in [-0.1, -0.05) is 91.0 Å². The van der Waals surface area contributed by atoms with Crippen molar-refractivity contribution in [3.8, 4) is 11.1 Å². The van der Waals surface area contributed by atoms with Crippen LogP contribution in [-0.2, 0) is 6.42 Å². The third-order valence-corrected chi connectivity index (χ3v) is 4.32. The molecule has 110 valence electrons. The van der Waals surface area contributed by atoms with Gasteiger partial charge in [-0.25, -0.2) is 0 Å². The molecular formula is C23H18. The zero-order valence-electron chi connectivity index (χ0n) is 12.9. The van der Waals surface area contributed by atoms with Gasteiger partial charge in [-0.15, -0.1) is 0 Å². The van der Waals surface area contributed by atoms with Crippen LogP contribution in [-0.4, -0.2) is 0 Å². The lowest BCUT2D eigenvalue weighted by Crippen LogP contribution is -1.92. The molecule has 0 saturated heterocycles. The Kier molecular flexibility index (Phi) is 3.65. The van der Waals surface area contributed by atoms with Crippen molar-refractivity contribution < 1.29 is 0 Å². The predicted molar refractivity (Wildman–Crippen MR) is 98.6 cm³/mol. The van der Waals surface area contributed by atoms with E-state index >= 15 is 0 Å². The molecule has 0 aliphatic rings. The van der Waals surface area contributed by atoms with Crippen LogP contribution in [0.25, 0.3) is 21.9 Å². The second kappa shape index (κ2) is 6.10. The first-order valence-corrected chi connectivity index (χ1v) is 8.01. The van der Waals surface area contributed by atoms with E-state index in [-0.39, 0.29) is 0 Å². The fourth-order valence-electron chi connectivity index (χ4n) is 3.13. The van der Waals surface area contributed by atoms with Gasteiger partial charge in [0.25, 0.3) is 0 Å². The molecule has 0 fully saturated rings. The lowest BCUT2D eigenvalue weighted by Gasteiger charge is -2.11. The maximum absolute atomic E-state index is 2.29. The van der Waals surface area contributed by atoms with Crippen molar-refractivity contribution >= 4 is 10.8 Å². The van der Waals surface area contributed by atoms with Crippen LogP contribution in [0, 0.1) is 0 Å². The van der Waals surface area contributed by atoms with Gasteiger partial charge in [0.2, 0.25) is 0 Å². The second-order valence-corrected chi connectivity index (χ2v) is 5.88. The molecule has 0 spiro atoms. The number of hydrogen-bond donors (Lipinski definition) is 0. The van der Waals surface area contributed by atoms with Gasteiger partial charge in [0.05, 0.1) is 0 Å². The van der Waals surface area contributed by atoms with Gasteiger partial charge in [-0.2, -0.15) is 0 Å². The van der Waals surface area contributed by atoms with Crippen LogP contribution in [0.3, 0.4) is 0 Å². The highest BCUT2D eigenvalue weighted by Gasteiger charge is 2.06. The van der Waals surface area contributed by atoms with Crippen molar-refractivity contribution in [3.05, 3.63) is 108 Å². The van der Waals surface area contributed by atoms with Gasteiger partial charge >= 0.3 is 0 Å². The van der Waals surface area contributed by atoms with Crippen LogP contribution >= 0.6 is 0 Å². The number of hydrogen-bond acceptors (Lipinski definition) is 0. The van der Waals surface area contributed by atoms with Crippen LogP contribution in [0.4, 0.5) is 0 Å². The number of fused-ring (bicyclic) bond motifs is 1. The van der Waals surface area contributed by atoms with Gasteiger partial charge in [-0.05, 0) is 45.5 Å². The van der Waals surface area contributed by atoms with Crippen LogP contribution in [0.1, 0.15) is 11.1 Å². The number of benzene rings is 4. The third-order valence-electron chi connectivity index (χ3n) is 4.32. The molecule has 0 heteroatoms. The van der Waals surface area contributed by atoms with Crippen molar-refractivity contribution in [3.63, 3.8) is 0 Å². The molecule has 0 amide bonds. The van der Waals surface area contributed by atoms with Crippen molar-refractivity contribution in [2.45, 2.75) is 6.42 Å². The summed E-state index contributed by atoms with van der Waals surface area (Å²) in [5.41, 5.74) is 5.33. The highest BCUT2D eigenvalue weighted by Crippen LogP contribution is 2.28. The SMILES string of the molecule is c1ccc(Cc2ccccc2-c2ccc3ccccc3c2)cc1. The van der Waals surface area contributed by atoms with Gasteiger partial charge < -0.3 is 0 Å². The van der Waals surface area contributed by atoms with Crippen LogP contribution in [0.15, 0.2) is 97.1 Å². The molecule has 0 bridgehead atoms. The quantitative estimate of drug-likeness (QED) is 0.428. The lowest BCUT2D eigenvalue weighted by atomic mass is 9.94. The topological polar surface area (TPSA) is 0 Å². The summed E-state index contributed by atoms with van der Waals surface area (Å²) in [5.74, 6) is 0. The Bertz CT molecular complexity index is 936. The minimum atomic E-state index is 0.962. The fraction of sp³-hybridized carbons (Fsp3) is 0.0435. The van der Waals surface area contributed by atoms with E-state index in [0.29, 0.717) is 0 Å². The van der Waals surface area contributed by atoms with E-state index in [1.54, 1.807) is 0 Å². The summed E-state index contributed by atoms with van der Waals surface area (Å²) in [6.45, 7) is 0. The highest BCUT2D eigenvalue weighted by atomic mass is 14.1. The molecule has 0 unspecified atom stereocenters. The molecular weight excluding hydrogens is 276 g/mol. The molecule has 0 heterocycles. The Balaban J connectivity index is 1.78. The Hall–Kier alpha value is -2.86. The summed E-state index contributed by atoms with van der Waals surface area (Å²) in [5, 5.41) is 2.58. The predicted octanol–water partition coefficient (Wildman–Crippen LogP) is 6.10. The first-order chi connectivity index (χ1) is 11.4. The lowest BCUT2D eigenvalue weighted by molar-refractivity contribution is 1.20. The first kappa shape index (κ1) is 13.8. The standard InChI is InChI=1S/C23H18/c1-2-8-18(9-3-1)16-21-12-6-7-13-23(21)22-15-14-19-10-4-5-11-20(19)17-22/h1-15,17H,16H2. The maximum atomic E-state index is 2.29. The van der Waals surface area contributed by atoms with E-state index in [4.69, 9.17) is 0 Å². The molecule has 23 heavy (non-hydrogen) atoms. The summed E-state index contributed by atoms with van der Waals surface area (Å²) < 4.78 is 0. The fourth-order valence-corrected chi connectivity index (χ4v) is 3.13. The largest absolute Gasteiger partial charge is 0.0622 e. The van der Waals surface area contributed by atoms with Gasteiger partial charge in [0.15, 0.2) is 0 Å². The van der Waals surface area contributed by atoms with Crippen LogP contribution in [0.2, 0.25) is 0 Å². The zero-order valence-corrected chi connectivity index (χ0v) is 12.9. The van der Waals surface area contributed by atoms with Gasteiger partial charge in [0, 0.05) is 0 Å². The zero-order chi connectivity index (χ0) is 15.5. The van der Waals surface area contributed by atoms with Crippen LogP contribution in [0.5, 0.6) is 0 Å². The summed E-state index contributed by atoms with van der Waals surface area (Å²) in [4.78, 5) is 0. The Morgan fingerprint density at radius 1 is 0.522 bits per heavy atom. The van der Waals surface area contributed by atoms with Crippen molar-refractivity contribution in [1.82, 2.24) is 0 Å². The van der Waals surface area contributed by atoms with Crippen molar-refractivity contribution in [2.75, 3.05) is 0 Å². The average molecular weight is 294 g/mol. The van der Waals surface area contributed by atoms with Gasteiger partial charge in [0.1, 0.15) is 0 Å². The normalized spacial score (nSPS) is 10.8. The molecule has 0 N–H and O–H groups in total. The summed E-state index contributed by atoms with van der Waals surface area (Å²) >= 11 is 0. The molecule has 4 aromatic rings. The smallest absolute Gasteiger partial charge is 0.00196 e. The third kappa shape index (κ3) is 2.89. The minimum absolute atomic E-state index is 0.962. The minimum Gasteiger partial charge on any atom is -0.0622 e. The van der Waals surface area contributed by atoms with Crippen LogP contribution < -0.4 is 0 Å². The number of rotatable bonds is 3. The van der Waals surface area contributed by atoms with E-state index in [9.17, 15) is 0 Å². The second-order valence-electron chi connectivity index (χ2n) is 5.88. The summed E-state index contributed by atoms with van der Waals surface area (Å²) in [6.07, 6.45) is 0.962. The molecule has 0 atom stereocenters. The molecule has 4 rings (SSSR count). The summed E-state index contributed by atoms with van der Waals surface area (Å²) in [6, 6.07) is 34.6. The Labute approximate surface area is 137 Å². The monoisotopic (exact) mass is 294 g/mol. The van der Waals surface area contributed by atoms with Crippen molar-refractivity contribution in [1.29, 1.82) is 0 Å². The first-order valence-electron chi connectivity index (χ1n) is 8.01. The highest BCUT2D eigenvalue weighted by molar-refractivity contribution is 5.87. The van der Waals surface area contributed by atoms with E-state index in [2.05, 4.69) is 97.1 Å². The molecule has 4 aromatic carbocycles. The molecule has 0 saturated carbocycles. The van der Waals surface area contributed by atoms with E-state index in [1.165, 1.54) is 33.0 Å². The van der Waals surface area contributed by atoms with E-state index in [0.717, 1.165) is 6.42 Å². The summed E-state index contributed by atoms with van der Waals surface area (Å²) in [7, 11) is 0. The Morgan fingerprint density at radius 3 is 2.09 bits per heavy atom. The molecule has 0 aliphatic carbocycles. The Morgan fingerprint density at radius 2 is 1.22 bits per heavy atom. The molecule has 0 radical (unpaired) electrons. The molecule has 0 aromatic heterocycles.